The summed E-state index contributed by atoms with van der Waals surface area (Å²) in [6.45, 7) is 0. The molecule has 2 heterocycles. The molecule has 0 atom stereocenters. The minimum atomic E-state index is 0.000556. The van der Waals surface area contributed by atoms with E-state index in [1.165, 1.54) is 23.3 Å². The van der Waals surface area contributed by atoms with E-state index in [0.717, 1.165) is 24.1 Å². The minimum Gasteiger partial charge on any atom is -0.322 e. The van der Waals surface area contributed by atoms with Gasteiger partial charge in [0.05, 0.1) is 5.56 Å². The zero-order valence-electron chi connectivity index (χ0n) is 9.98. The van der Waals surface area contributed by atoms with Gasteiger partial charge >= 0.3 is 0 Å². The summed E-state index contributed by atoms with van der Waals surface area (Å²) >= 11 is 1.72. The zero-order valence-corrected chi connectivity index (χ0v) is 10.8. The van der Waals surface area contributed by atoms with E-state index in [0.29, 0.717) is 0 Å². The van der Waals surface area contributed by atoms with Crippen LogP contribution in [0, 0.1) is 0 Å². The van der Waals surface area contributed by atoms with Gasteiger partial charge in [-0.1, -0.05) is 0 Å². The van der Waals surface area contributed by atoms with Crippen molar-refractivity contribution in [3.63, 3.8) is 0 Å². The molecule has 0 unspecified atom stereocenters. The molecule has 2 aromatic heterocycles. The first-order valence-corrected chi connectivity index (χ1v) is 7.03. The second-order valence-electron chi connectivity index (χ2n) is 4.45. The SMILES string of the molecule is O=C(Nc1ccncc1)c1csc2c1CCCC2. The van der Waals surface area contributed by atoms with Gasteiger partial charge in [-0.25, -0.2) is 0 Å². The van der Waals surface area contributed by atoms with Crippen molar-refractivity contribution < 1.29 is 4.79 Å². The van der Waals surface area contributed by atoms with Gasteiger partial charge in [-0.05, 0) is 43.4 Å². The van der Waals surface area contributed by atoms with Crippen LogP contribution in [0.15, 0.2) is 29.9 Å². The molecule has 1 N–H and O–H groups in total. The fourth-order valence-corrected chi connectivity index (χ4v) is 3.44. The van der Waals surface area contributed by atoms with Crippen molar-refractivity contribution in [2.45, 2.75) is 25.7 Å². The minimum absolute atomic E-state index is 0.000556. The smallest absolute Gasteiger partial charge is 0.256 e. The van der Waals surface area contributed by atoms with Crippen LogP contribution in [-0.2, 0) is 12.8 Å². The maximum atomic E-state index is 12.2. The highest BCUT2D eigenvalue weighted by atomic mass is 32.1. The van der Waals surface area contributed by atoms with Crippen LogP contribution < -0.4 is 5.32 Å². The lowest BCUT2D eigenvalue weighted by Gasteiger charge is -2.12. The first kappa shape index (κ1) is 11.4. The van der Waals surface area contributed by atoms with Gasteiger partial charge in [0.1, 0.15) is 0 Å². The number of pyridine rings is 1. The van der Waals surface area contributed by atoms with Gasteiger partial charge in [0.2, 0.25) is 0 Å². The average molecular weight is 258 g/mol. The van der Waals surface area contributed by atoms with Gasteiger partial charge < -0.3 is 5.32 Å². The summed E-state index contributed by atoms with van der Waals surface area (Å²) < 4.78 is 0. The van der Waals surface area contributed by atoms with E-state index in [1.807, 2.05) is 5.38 Å². The Bertz CT molecular complexity index is 562. The Morgan fingerprint density at radius 3 is 2.83 bits per heavy atom. The van der Waals surface area contributed by atoms with E-state index >= 15 is 0 Å². The monoisotopic (exact) mass is 258 g/mol. The fourth-order valence-electron chi connectivity index (χ4n) is 2.32. The second kappa shape index (κ2) is 4.90. The average Bonchev–Trinajstić information content (AvgIpc) is 2.84. The van der Waals surface area contributed by atoms with Crippen LogP contribution >= 0.6 is 11.3 Å². The Balaban J connectivity index is 1.83. The summed E-state index contributed by atoms with van der Waals surface area (Å²) in [5, 5.41) is 4.91. The lowest BCUT2D eigenvalue weighted by atomic mass is 9.95. The summed E-state index contributed by atoms with van der Waals surface area (Å²) in [4.78, 5) is 17.5. The number of fused-ring (bicyclic) bond motifs is 1. The van der Waals surface area contributed by atoms with E-state index in [9.17, 15) is 4.79 Å². The standard InChI is InChI=1S/C14H14N2OS/c17-14(16-10-5-7-15-8-6-10)12-9-18-13-4-2-1-3-11(12)13/h5-9H,1-4H2,(H,15,16,17). The molecule has 0 aromatic carbocycles. The molecular weight excluding hydrogens is 244 g/mol. The number of amides is 1. The molecule has 0 bridgehead atoms. The number of rotatable bonds is 2. The van der Waals surface area contributed by atoms with Crippen molar-refractivity contribution in [1.82, 2.24) is 4.98 Å². The van der Waals surface area contributed by atoms with Gasteiger partial charge in [-0.2, -0.15) is 0 Å². The highest BCUT2D eigenvalue weighted by molar-refractivity contribution is 7.10. The molecule has 0 radical (unpaired) electrons. The number of anilines is 1. The summed E-state index contributed by atoms with van der Waals surface area (Å²) in [7, 11) is 0. The molecule has 0 saturated carbocycles. The maximum absolute atomic E-state index is 12.2. The van der Waals surface area contributed by atoms with Gasteiger partial charge in [-0.3, -0.25) is 9.78 Å². The maximum Gasteiger partial charge on any atom is 0.256 e. The van der Waals surface area contributed by atoms with Crippen LogP contribution in [0.5, 0.6) is 0 Å². The zero-order chi connectivity index (χ0) is 12.4. The Morgan fingerprint density at radius 1 is 1.22 bits per heavy atom. The van der Waals surface area contributed by atoms with Crippen LogP contribution in [-0.4, -0.2) is 10.9 Å². The molecule has 92 valence electrons. The Kier molecular flexibility index (Phi) is 3.11. The Labute approximate surface area is 110 Å². The molecule has 1 aliphatic rings. The van der Waals surface area contributed by atoms with E-state index in [1.54, 1.807) is 35.9 Å². The normalized spacial score (nSPS) is 14.0. The molecule has 0 aliphatic heterocycles. The number of hydrogen-bond donors (Lipinski definition) is 1. The first-order chi connectivity index (χ1) is 8.84. The highest BCUT2D eigenvalue weighted by Gasteiger charge is 2.19. The third kappa shape index (κ3) is 2.16. The number of thiophene rings is 1. The number of carbonyl (C=O) groups excluding carboxylic acids is 1. The molecule has 3 rings (SSSR count). The number of hydrogen-bond acceptors (Lipinski definition) is 3. The van der Waals surface area contributed by atoms with Crippen LogP contribution in [0.4, 0.5) is 5.69 Å². The van der Waals surface area contributed by atoms with E-state index in [-0.39, 0.29) is 5.91 Å². The highest BCUT2D eigenvalue weighted by Crippen LogP contribution is 2.30. The lowest BCUT2D eigenvalue weighted by Crippen LogP contribution is -2.14. The molecule has 1 aliphatic carbocycles. The molecule has 0 saturated heterocycles. The van der Waals surface area contributed by atoms with Crippen molar-refractivity contribution in [3.05, 3.63) is 45.9 Å². The molecule has 2 aromatic rings. The Hall–Kier alpha value is -1.68. The summed E-state index contributed by atoms with van der Waals surface area (Å²) in [6.07, 6.45) is 7.97. The largest absolute Gasteiger partial charge is 0.322 e. The predicted octanol–water partition coefficient (Wildman–Crippen LogP) is 3.27. The number of aromatic nitrogens is 1. The Morgan fingerprint density at radius 2 is 2.00 bits per heavy atom. The molecule has 18 heavy (non-hydrogen) atoms. The predicted molar refractivity (Wildman–Crippen MR) is 73.2 cm³/mol. The van der Waals surface area contributed by atoms with Crippen molar-refractivity contribution in [1.29, 1.82) is 0 Å². The number of carbonyl (C=O) groups is 1. The number of nitrogens with zero attached hydrogens (tertiary/aromatic N) is 1. The van der Waals surface area contributed by atoms with Crippen LogP contribution in [0.1, 0.15) is 33.6 Å². The van der Waals surface area contributed by atoms with Gasteiger partial charge in [0, 0.05) is 28.3 Å². The molecule has 4 heteroatoms. The van der Waals surface area contributed by atoms with Crippen molar-refractivity contribution in [2.24, 2.45) is 0 Å². The van der Waals surface area contributed by atoms with Crippen molar-refractivity contribution in [2.75, 3.05) is 5.32 Å². The summed E-state index contributed by atoms with van der Waals surface area (Å²) in [5.74, 6) is 0.000556. The topological polar surface area (TPSA) is 42.0 Å². The molecule has 0 fully saturated rings. The third-order valence-corrected chi connectivity index (χ3v) is 4.33. The van der Waals surface area contributed by atoms with E-state index in [2.05, 4.69) is 10.3 Å². The molecular formula is C14H14N2OS. The lowest BCUT2D eigenvalue weighted by molar-refractivity contribution is 0.102. The van der Waals surface area contributed by atoms with Crippen molar-refractivity contribution >= 4 is 22.9 Å². The third-order valence-electron chi connectivity index (χ3n) is 3.24. The van der Waals surface area contributed by atoms with E-state index in [4.69, 9.17) is 0 Å². The fraction of sp³-hybridized carbons (Fsp3) is 0.286. The van der Waals surface area contributed by atoms with Crippen LogP contribution in [0.3, 0.4) is 0 Å². The van der Waals surface area contributed by atoms with Gasteiger partial charge in [-0.15, -0.1) is 11.3 Å². The van der Waals surface area contributed by atoms with E-state index < -0.39 is 0 Å². The molecule has 0 spiro atoms. The second-order valence-corrected chi connectivity index (χ2v) is 5.41. The number of nitrogens with one attached hydrogen (secondary N) is 1. The quantitative estimate of drug-likeness (QED) is 0.898. The molecule has 1 amide bonds. The first-order valence-electron chi connectivity index (χ1n) is 6.15. The van der Waals surface area contributed by atoms with Crippen LogP contribution in [0.25, 0.3) is 0 Å². The summed E-state index contributed by atoms with van der Waals surface area (Å²) in [6, 6.07) is 3.60. The van der Waals surface area contributed by atoms with Crippen LogP contribution in [0.2, 0.25) is 0 Å². The molecule has 3 nitrogen and oxygen atoms in total. The van der Waals surface area contributed by atoms with Gasteiger partial charge in [0.25, 0.3) is 5.91 Å². The summed E-state index contributed by atoms with van der Waals surface area (Å²) in [5.41, 5.74) is 2.91. The van der Waals surface area contributed by atoms with Crippen molar-refractivity contribution in [3.8, 4) is 0 Å². The number of aryl methyl sites for hydroxylation is 1. The van der Waals surface area contributed by atoms with Gasteiger partial charge in [0.15, 0.2) is 0 Å².